The highest BCUT2D eigenvalue weighted by Crippen LogP contribution is 2.44. The summed E-state index contributed by atoms with van der Waals surface area (Å²) in [6, 6.07) is 8.47. The Balaban J connectivity index is 1.55. The van der Waals surface area contributed by atoms with E-state index in [4.69, 9.17) is 9.47 Å². The molecule has 0 spiro atoms. The second kappa shape index (κ2) is 7.58. The summed E-state index contributed by atoms with van der Waals surface area (Å²) in [4.78, 5) is 0. The largest absolute Gasteiger partial charge is 0.493 e. The lowest BCUT2D eigenvalue weighted by Gasteiger charge is -2.30. The van der Waals surface area contributed by atoms with Gasteiger partial charge in [-0.25, -0.2) is 0 Å². The van der Waals surface area contributed by atoms with Crippen molar-refractivity contribution in [3.8, 4) is 5.75 Å². The summed E-state index contributed by atoms with van der Waals surface area (Å²) in [5.41, 5.74) is 5.76. The van der Waals surface area contributed by atoms with Crippen LogP contribution in [-0.4, -0.2) is 6.61 Å². The van der Waals surface area contributed by atoms with Crippen molar-refractivity contribution in [2.75, 3.05) is 6.61 Å². The van der Waals surface area contributed by atoms with Crippen molar-refractivity contribution >= 4 is 0 Å². The molecule has 0 aromatic heterocycles. The Kier molecular flexibility index (Phi) is 4.82. The summed E-state index contributed by atoms with van der Waals surface area (Å²) in [5, 5.41) is 0. The highest BCUT2D eigenvalue weighted by molar-refractivity contribution is 5.43. The van der Waals surface area contributed by atoms with Gasteiger partial charge in [-0.15, -0.1) is 0 Å². The van der Waals surface area contributed by atoms with E-state index in [0.717, 1.165) is 38.0 Å². The van der Waals surface area contributed by atoms with Gasteiger partial charge in [-0.2, -0.15) is 0 Å². The maximum absolute atomic E-state index is 6.81. The van der Waals surface area contributed by atoms with Crippen LogP contribution >= 0.6 is 0 Å². The van der Waals surface area contributed by atoms with E-state index in [9.17, 15) is 0 Å². The van der Waals surface area contributed by atoms with Crippen molar-refractivity contribution in [1.82, 2.24) is 0 Å². The van der Waals surface area contributed by atoms with Crippen LogP contribution in [0, 0.1) is 5.92 Å². The number of allylic oxidation sites excluding steroid dienone is 5. The van der Waals surface area contributed by atoms with Gasteiger partial charge < -0.3 is 9.47 Å². The first-order chi connectivity index (χ1) is 13.4. The zero-order valence-electron chi connectivity index (χ0n) is 16.2. The van der Waals surface area contributed by atoms with E-state index < -0.39 is 0 Å². The molecule has 142 valence electrons. The van der Waals surface area contributed by atoms with E-state index in [1.54, 1.807) is 5.57 Å². The summed E-state index contributed by atoms with van der Waals surface area (Å²) >= 11 is 0. The third-order valence-electron chi connectivity index (χ3n) is 6.60. The molecular formula is C25H30O2. The van der Waals surface area contributed by atoms with Crippen LogP contribution < -0.4 is 4.74 Å². The zero-order valence-corrected chi connectivity index (χ0v) is 16.2. The van der Waals surface area contributed by atoms with Crippen LogP contribution in [0.1, 0.15) is 75.9 Å². The monoisotopic (exact) mass is 362 g/mol. The van der Waals surface area contributed by atoms with Gasteiger partial charge in [0.2, 0.25) is 0 Å². The smallest absolute Gasteiger partial charge is 0.128 e. The lowest BCUT2D eigenvalue weighted by atomic mass is 9.85. The van der Waals surface area contributed by atoms with Crippen molar-refractivity contribution in [2.45, 2.75) is 70.3 Å². The van der Waals surface area contributed by atoms with Crippen LogP contribution in [0.5, 0.6) is 5.75 Å². The van der Waals surface area contributed by atoms with Gasteiger partial charge in [0.1, 0.15) is 17.6 Å². The van der Waals surface area contributed by atoms with E-state index in [1.807, 2.05) is 0 Å². The van der Waals surface area contributed by atoms with Crippen LogP contribution in [0.2, 0.25) is 0 Å². The van der Waals surface area contributed by atoms with Gasteiger partial charge in [-0.3, -0.25) is 0 Å². The van der Waals surface area contributed by atoms with E-state index in [-0.39, 0.29) is 6.10 Å². The molecule has 2 heteroatoms. The minimum atomic E-state index is 0.116. The van der Waals surface area contributed by atoms with E-state index in [1.165, 1.54) is 61.0 Å². The molecule has 0 N–H and O–H groups in total. The standard InChI is InChI=1S/C25H30O2/c1-2-7-18(8-3-1)15-21-10-6-9-20-14-13-19-16-24(27-25(20)21)22-11-4-5-12-23(22)26-17-19/h4-5,11-12,14-15,19,24H,1-3,6-10,13,16-17H2/b20-14-. The Hall–Kier alpha value is -1.96. The Bertz CT molecular complexity index is 790. The number of rotatable bonds is 1. The fraction of sp³-hybridized carbons (Fsp3) is 0.520. The summed E-state index contributed by atoms with van der Waals surface area (Å²) in [7, 11) is 0. The molecule has 0 radical (unpaired) electrons. The third kappa shape index (κ3) is 3.59. The molecule has 0 saturated heterocycles. The molecule has 2 nitrogen and oxygen atoms in total. The number of benzene rings is 1. The second-order valence-electron chi connectivity index (χ2n) is 8.59. The van der Waals surface area contributed by atoms with Gasteiger partial charge in [0.15, 0.2) is 0 Å². The Labute approximate surface area is 163 Å². The molecule has 1 saturated carbocycles. The maximum atomic E-state index is 6.81. The van der Waals surface area contributed by atoms with E-state index in [2.05, 4.69) is 36.4 Å². The van der Waals surface area contributed by atoms with Crippen LogP contribution in [0.3, 0.4) is 0 Å². The number of fused-ring (bicyclic) bond motifs is 5. The molecule has 5 rings (SSSR count). The first kappa shape index (κ1) is 17.2. The number of para-hydroxylation sites is 1. The van der Waals surface area contributed by atoms with Crippen molar-refractivity contribution in [3.63, 3.8) is 0 Å². The van der Waals surface area contributed by atoms with Crippen molar-refractivity contribution in [2.24, 2.45) is 5.92 Å². The van der Waals surface area contributed by atoms with Crippen molar-refractivity contribution in [1.29, 1.82) is 0 Å². The Morgan fingerprint density at radius 2 is 1.81 bits per heavy atom. The first-order valence-electron chi connectivity index (χ1n) is 10.9. The van der Waals surface area contributed by atoms with E-state index >= 15 is 0 Å². The molecular weight excluding hydrogens is 332 g/mol. The minimum absolute atomic E-state index is 0.116. The molecule has 2 atom stereocenters. The molecule has 2 bridgehead atoms. The molecule has 2 aliphatic carbocycles. The predicted molar refractivity (Wildman–Crippen MR) is 109 cm³/mol. The molecule has 27 heavy (non-hydrogen) atoms. The number of hydrogen-bond donors (Lipinski definition) is 0. The average Bonchev–Trinajstić information content (AvgIpc) is 2.88. The molecule has 1 aromatic rings. The van der Waals surface area contributed by atoms with Crippen molar-refractivity contribution < 1.29 is 9.47 Å². The average molecular weight is 363 g/mol. The maximum Gasteiger partial charge on any atom is 0.128 e. The number of hydrogen-bond acceptors (Lipinski definition) is 2. The fourth-order valence-electron chi connectivity index (χ4n) is 5.09. The van der Waals surface area contributed by atoms with Crippen LogP contribution in [0.4, 0.5) is 0 Å². The normalized spacial score (nSPS) is 29.6. The summed E-state index contributed by atoms with van der Waals surface area (Å²) in [6.45, 7) is 0.802. The fourth-order valence-corrected chi connectivity index (χ4v) is 5.09. The van der Waals surface area contributed by atoms with Crippen LogP contribution in [-0.2, 0) is 4.74 Å². The molecule has 0 amide bonds. The minimum Gasteiger partial charge on any atom is -0.493 e. The zero-order chi connectivity index (χ0) is 18.1. The van der Waals surface area contributed by atoms with Gasteiger partial charge in [-0.05, 0) is 75.0 Å². The third-order valence-corrected chi connectivity index (χ3v) is 6.60. The van der Waals surface area contributed by atoms with Crippen molar-refractivity contribution in [3.05, 3.63) is 64.5 Å². The molecule has 1 aromatic carbocycles. The Morgan fingerprint density at radius 3 is 2.74 bits per heavy atom. The Morgan fingerprint density at radius 1 is 0.926 bits per heavy atom. The van der Waals surface area contributed by atoms with Crippen LogP contribution in [0.15, 0.2) is 58.9 Å². The highest BCUT2D eigenvalue weighted by atomic mass is 16.5. The first-order valence-corrected chi connectivity index (χ1v) is 10.9. The molecule has 4 aliphatic rings. The summed E-state index contributed by atoms with van der Waals surface area (Å²) in [5.74, 6) is 2.75. The number of ether oxygens (including phenoxy) is 2. The summed E-state index contributed by atoms with van der Waals surface area (Å²) < 4.78 is 13.0. The van der Waals surface area contributed by atoms with Gasteiger partial charge in [0.05, 0.1) is 6.61 Å². The topological polar surface area (TPSA) is 18.5 Å². The molecule has 2 heterocycles. The second-order valence-corrected chi connectivity index (χ2v) is 8.59. The van der Waals surface area contributed by atoms with E-state index in [0.29, 0.717) is 5.92 Å². The van der Waals surface area contributed by atoms with Gasteiger partial charge in [0.25, 0.3) is 0 Å². The summed E-state index contributed by atoms with van der Waals surface area (Å²) in [6.07, 6.45) is 17.4. The lowest BCUT2D eigenvalue weighted by molar-refractivity contribution is 0.0900. The molecule has 2 aliphatic heterocycles. The quantitative estimate of drug-likeness (QED) is 0.547. The molecule has 2 unspecified atom stereocenters. The van der Waals surface area contributed by atoms with Gasteiger partial charge in [0, 0.05) is 11.5 Å². The van der Waals surface area contributed by atoms with Gasteiger partial charge in [-0.1, -0.05) is 42.3 Å². The molecule has 1 fully saturated rings. The SMILES string of the molecule is C(=C1CCCCC1)C1=C2OC3CC(C/C=C\2CCC1)COc1ccccc13. The lowest BCUT2D eigenvalue weighted by Crippen LogP contribution is -2.18. The van der Waals surface area contributed by atoms with Crippen LogP contribution in [0.25, 0.3) is 0 Å². The predicted octanol–water partition coefficient (Wildman–Crippen LogP) is 6.80. The highest BCUT2D eigenvalue weighted by Gasteiger charge is 2.31. The van der Waals surface area contributed by atoms with Gasteiger partial charge >= 0.3 is 0 Å².